The number of aromatic nitrogens is 1. The standard InChI is InChI=1S/C20H19ClN2O2/c1-25-15-4-2-3-13(5-7-15)20-19-16(9-10-23(20)12-24)17-11-14(21)6-8-18(17)22-19/h3-8,11-12,20,22H,2,9-10H2,1H3. The zero-order valence-corrected chi connectivity index (χ0v) is 14.7. The Hall–Kier alpha value is -2.46. The van der Waals surface area contributed by atoms with Gasteiger partial charge in [-0.3, -0.25) is 4.79 Å². The van der Waals surface area contributed by atoms with Crippen molar-refractivity contribution < 1.29 is 9.53 Å². The number of H-pyrrole nitrogens is 1. The molecule has 1 aliphatic heterocycles. The first kappa shape index (κ1) is 16.0. The molecule has 25 heavy (non-hydrogen) atoms. The maximum atomic E-state index is 11.7. The lowest BCUT2D eigenvalue weighted by Gasteiger charge is -2.34. The smallest absolute Gasteiger partial charge is 0.210 e. The molecule has 0 saturated carbocycles. The van der Waals surface area contributed by atoms with E-state index in [0.717, 1.165) is 52.2 Å². The lowest BCUT2D eigenvalue weighted by Crippen LogP contribution is -2.35. The summed E-state index contributed by atoms with van der Waals surface area (Å²) in [5.41, 5.74) is 4.47. The normalized spacial score (nSPS) is 19.9. The number of aromatic amines is 1. The first-order valence-electron chi connectivity index (χ1n) is 8.34. The summed E-state index contributed by atoms with van der Waals surface area (Å²) < 4.78 is 5.33. The van der Waals surface area contributed by atoms with Crippen LogP contribution >= 0.6 is 11.6 Å². The molecule has 1 aliphatic carbocycles. The highest BCUT2D eigenvalue weighted by Gasteiger charge is 2.31. The van der Waals surface area contributed by atoms with Crippen LogP contribution in [0.1, 0.15) is 23.7 Å². The summed E-state index contributed by atoms with van der Waals surface area (Å²) in [7, 11) is 1.67. The number of amides is 1. The SMILES string of the molecule is COC1=CCC=C(C2c3[nH]c4ccc(Cl)cc4c3CCN2C=O)C=C1. The van der Waals surface area contributed by atoms with Gasteiger partial charge in [-0.05, 0) is 54.3 Å². The molecule has 4 nitrogen and oxygen atoms in total. The first-order chi connectivity index (χ1) is 12.2. The number of methoxy groups -OCH3 is 1. The molecule has 5 heteroatoms. The van der Waals surface area contributed by atoms with E-state index in [1.807, 2.05) is 41.3 Å². The predicted octanol–water partition coefficient (Wildman–Crippen LogP) is 4.29. The second-order valence-electron chi connectivity index (χ2n) is 6.29. The molecule has 2 aliphatic rings. The second kappa shape index (κ2) is 6.45. The number of carbonyl (C=O) groups is 1. The van der Waals surface area contributed by atoms with Crippen molar-refractivity contribution in [1.29, 1.82) is 0 Å². The number of benzene rings is 1. The number of carbonyl (C=O) groups excluding carboxylic acids is 1. The van der Waals surface area contributed by atoms with Crippen LogP contribution in [0.25, 0.3) is 10.9 Å². The van der Waals surface area contributed by atoms with Crippen LogP contribution in [0.5, 0.6) is 0 Å². The van der Waals surface area contributed by atoms with Gasteiger partial charge in [0.15, 0.2) is 0 Å². The Kier molecular flexibility index (Phi) is 4.14. The van der Waals surface area contributed by atoms with E-state index in [9.17, 15) is 4.79 Å². The van der Waals surface area contributed by atoms with Crippen molar-refractivity contribution >= 4 is 28.9 Å². The molecule has 128 valence electrons. The Morgan fingerprint density at radius 2 is 2.20 bits per heavy atom. The third-order valence-electron chi connectivity index (χ3n) is 4.93. The molecule has 1 atom stereocenters. The lowest BCUT2D eigenvalue weighted by atomic mass is 9.92. The zero-order valence-electron chi connectivity index (χ0n) is 14.0. The van der Waals surface area contributed by atoms with Gasteiger partial charge in [-0.2, -0.15) is 0 Å². The van der Waals surface area contributed by atoms with Gasteiger partial charge in [0.05, 0.1) is 13.2 Å². The number of nitrogens with zero attached hydrogens (tertiary/aromatic N) is 1. The largest absolute Gasteiger partial charge is 0.497 e. The van der Waals surface area contributed by atoms with Crippen LogP contribution in [-0.2, 0) is 16.0 Å². The van der Waals surface area contributed by atoms with E-state index in [2.05, 4.69) is 11.1 Å². The van der Waals surface area contributed by atoms with E-state index >= 15 is 0 Å². The highest BCUT2D eigenvalue weighted by atomic mass is 35.5. The van der Waals surface area contributed by atoms with Crippen molar-refractivity contribution in [3.63, 3.8) is 0 Å². The first-order valence-corrected chi connectivity index (χ1v) is 8.72. The Bertz CT molecular complexity index is 923. The molecule has 0 fully saturated rings. The van der Waals surface area contributed by atoms with E-state index in [0.29, 0.717) is 6.54 Å². The Morgan fingerprint density at radius 3 is 3.00 bits per heavy atom. The van der Waals surface area contributed by atoms with Gasteiger partial charge in [0, 0.05) is 28.2 Å². The number of rotatable bonds is 3. The fourth-order valence-corrected chi connectivity index (χ4v) is 3.90. The maximum absolute atomic E-state index is 11.7. The molecule has 2 aromatic rings. The molecule has 1 N–H and O–H groups in total. The highest BCUT2D eigenvalue weighted by Crippen LogP contribution is 2.39. The van der Waals surface area contributed by atoms with Gasteiger partial charge in [-0.15, -0.1) is 0 Å². The molecule has 0 spiro atoms. The van der Waals surface area contributed by atoms with Gasteiger partial charge < -0.3 is 14.6 Å². The third kappa shape index (κ3) is 2.76. The summed E-state index contributed by atoms with van der Waals surface area (Å²) in [6, 6.07) is 5.77. The van der Waals surface area contributed by atoms with Gasteiger partial charge in [-0.1, -0.05) is 23.8 Å². The van der Waals surface area contributed by atoms with Crippen LogP contribution in [0.2, 0.25) is 5.02 Å². The van der Waals surface area contributed by atoms with Crippen molar-refractivity contribution in [2.75, 3.05) is 13.7 Å². The minimum absolute atomic E-state index is 0.117. The van der Waals surface area contributed by atoms with Gasteiger partial charge >= 0.3 is 0 Å². The van der Waals surface area contributed by atoms with Gasteiger partial charge in [0.2, 0.25) is 6.41 Å². The van der Waals surface area contributed by atoms with E-state index in [4.69, 9.17) is 16.3 Å². The fourth-order valence-electron chi connectivity index (χ4n) is 3.73. The molecule has 1 unspecified atom stereocenters. The average Bonchev–Trinajstić information content (AvgIpc) is 2.83. The lowest BCUT2D eigenvalue weighted by molar-refractivity contribution is -0.120. The molecule has 0 saturated heterocycles. The van der Waals surface area contributed by atoms with Crippen molar-refractivity contribution in [3.05, 3.63) is 70.1 Å². The monoisotopic (exact) mass is 354 g/mol. The number of halogens is 1. The molecular weight excluding hydrogens is 336 g/mol. The third-order valence-corrected chi connectivity index (χ3v) is 5.16. The molecular formula is C20H19ClN2O2. The van der Waals surface area contributed by atoms with Crippen LogP contribution in [-0.4, -0.2) is 29.9 Å². The van der Waals surface area contributed by atoms with Gasteiger partial charge in [0.1, 0.15) is 5.76 Å². The quantitative estimate of drug-likeness (QED) is 0.835. The summed E-state index contributed by atoms with van der Waals surface area (Å²) in [6.45, 7) is 0.691. The highest BCUT2D eigenvalue weighted by molar-refractivity contribution is 6.31. The number of ether oxygens (including phenoxy) is 1. The molecule has 4 rings (SSSR count). The summed E-state index contributed by atoms with van der Waals surface area (Å²) in [5, 5.41) is 1.87. The van der Waals surface area contributed by atoms with Crippen LogP contribution in [0.3, 0.4) is 0 Å². The van der Waals surface area contributed by atoms with Crippen LogP contribution in [0.15, 0.2) is 53.8 Å². The van der Waals surface area contributed by atoms with Gasteiger partial charge in [-0.25, -0.2) is 0 Å². The number of fused-ring (bicyclic) bond motifs is 3. The Labute approximate surface area is 151 Å². The number of nitrogens with one attached hydrogen (secondary N) is 1. The number of hydrogen-bond donors (Lipinski definition) is 1. The van der Waals surface area contributed by atoms with Crippen molar-refractivity contribution in [2.24, 2.45) is 0 Å². The van der Waals surface area contributed by atoms with Crippen molar-refractivity contribution in [3.8, 4) is 0 Å². The Balaban J connectivity index is 1.83. The van der Waals surface area contributed by atoms with Crippen LogP contribution in [0.4, 0.5) is 0 Å². The molecule has 1 amide bonds. The Morgan fingerprint density at radius 1 is 1.32 bits per heavy atom. The second-order valence-corrected chi connectivity index (χ2v) is 6.72. The molecule has 2 heterocycles. The zero-order chi connectivity index (χ0) is 17.4. The number of hydrogen-bond acceptors (Lipinski definition) is 2. The molecule has 1 aromatic carbocycles. The summed E-state index contributed by atoms with van der Waals surface area (Å²) in [6.07, 6.45) is 10.7. The van der Waals surface area contributed by atoms with Crippen molar-refractivity contribution in [2.45, 2.75) is 18.9 Å². The summed E-state index contributed by atoms with van der Waals surface area (Å²) in [4.78, 5) is 17.1. The summed E-state index contributed by atoms with van der Waals surface area (Å²) in [5.74, 6) is 0.836. The minimum atomic E-state index is -0.117. The van der Waals surface area contributed by atoms with Crippen LogP contribution < -0.4 is 0 Å². The molecule has 0 bridgehead atoms. The topological polar surface area (TPSA) is 45.3 Å². The van der Waals surface area contributed by atoms with E-state index < -0.39 is 0 Å². The molecule has 0 radical (unpaired) electrons. The molecule has 1 aromatic heterocycles. The van der Waals surface area contributed by atoms with Crippen molar-refractivity contribution in [1.82, 2.24) is 9.88 Å². The fraction of sp³-hybridized carbons (Fsp3) is 0.250. The van der Waals surface area contributed by atoms with Gasteiger partial charge in [0.25, 0.3) is 0 Å². The average molecular weight is 355 g/mol. The minimum Gasteiger partial charge on any atom is -0.497 e. The predicted molar refractivity (Wildman–Crippen MR) is 99.5 cm³/mol. The van der Waals surface area contributed by atoms with Crippen LogP contribution in [0, 0.1) is 0 Å². The number of allylic oxidation sites excluding steroid dienone is 3. The maximum Gasteiger partial charge on any atom is 0.210 e. The van der Waals surface area contributed by atoms with E-state index in [1.165, 1.54) is 5.56 Å². The summed E-state index contributed by atoms with van der Waals surface area (Å²) >= 11 is 6.19. The van der Waals surface area contributed by atoms with E-state index in [1.54, 1.807) is 7.11 Å². The van der Waals surface area contributed by atoms with E-state index in [-0.39, 0.29) is 6.04 Å².